The molecule has 6 heteroatoms. The minimum Gasteiger partial charge on any atom is -0.462 e. The first-order valence-corrected chi connectivity index (χ1v) is 26.5. The van der Waals surface area contributed by atoms with E-state index in [2.05, 4.69) is 69.4 Å². The van der Waals surface area contributed by atoms with E-state index in [1.165, 1.54) is 64.2 Å². The molecular formula is C61H94O6. The fourth-order valence-corrected chi connectivity index (χ4v) is 6.66. The summed E-state index contributed by atoms with van der Waals surface area (Å²) in [4.78, 5) is 38.1. The van der Waals surface area contributed by atoms with Gasteiger partial charge in [0.15, 0.2) is 6.10 Å². The van der Waals surface area contributed by atoms with Gasteiger partial charge in [0.2, 0.25) is 0 Å². The Labute approximate surface area is 410 Å². The van der Waals surface area contributed by atoms with E-state index in [1.54, 1.807) is 0 Å². The largest absolute Gasteiger partial charge is 0.462 e. The van der Waals surface area contributed by atoms with Crippen LogP contribution in [0.3, 0.4) is 0 Å². The number of hydrogen-bond donors (Lipinski definition) is 0. The van der Waals surface area contributed by atoms with Gasteiger partial charge in [-0.25, -0.2) is 0 Å². The summed E-state index contributed by atoms with van der Waals surface area (Å²) < 4.78 is 16.8. The van der Waals surface area contributed by atoms with E-state index in [4.69, 9.17) is 14.2 Å². The normalized spacial score (nSPS) is 13.3. The molecule has 0 aliphatic heterocycles. The van der Waals surface area contributed by atoms with E-state index >= 15 is 0 Å². The third kappa shape index (κ3) is 52.1. The maximum absolute atomic E-state index is 12.8. The van der Waals surface area contributed by atoms with Crippen molar-refractivity contribution in [2.45, 2.75) is 207 Å². The summed E-state index contributed by atoms with van der Waals surface area (Å²) in [5, 5.41) is 0. The van der Waals surface area contributed by atoms with Gasteiger partial charge in [0.1, 0.15) is 13.2 Å². The molecule has 0 bridgehead atoms. The molecule has 0 N–H and O–H groups in total. The number of carbonyl (C=O) groups is 3. The predicted octanol–water partition coefficient (Wildman–Crippen LogP) is 17.6. The Balaban J connectivity index is 4.57. The molecule has 0 aliphatic rings. The molecule has 0 amide bonds. The predicted molar refractivity (Wildman–Crippen MR) is 288 cm³/mol. The van der Waals surface area contributed by atoms with Gasteiger partial charge in [0, 0.05) is 19.3 Å². The lowest BCUT2D eigenvalue weighted by Gasteiger charge is -2.18. The van der Waals surface area contributed by atoms with Crippen molar-refractivity contribution in [2.24, 2.45) is 0 Å². The highest BCUT2D eigenvalue weighted by Crippen LogP contribution is 2.13. The average Bonchev–Trinajstić information content (AvgIpc) is 3.33. The molecule has 374 valence electrons. The fourth-order valence-electron chi connectivity index (χ4n) is 6.66. The maximum Gasteiger partial charge on any atom is 0.306 e. The standard InChI is InChI=1S/C61H94O6/c1-4-7-10-13-16-19-22-25-28-29-30-31-34-36-39-42-45-48-51-54-60(63)66-57-58(67-61(64)55-52-49-46-43-40-37-33-27-24-21-18-15-12-9-6-3)56-65-59(62)53-50-47-44-41-38-35-32-26-23-20-17-14-11-8-5-2/h7,9-10,12-13,15-16,18-25,27-31,33-34,36,39,58H,4-6,8,11,14,17,26,32,35,37-38,40-57H2,1-3H3/b10-7-,12-9-,16-13-,18-15-,22-19-,23-20-,24-21-,28-25-,30-29+,33-27-,34-31-,39-36-. The highest BCUT2D eigenvalue weighted by molar-refractivity contribution is 5.71. The van der Waals surface area contributed by atoms with Crippen molar-refractivity contribution in [3.8, 4) is 0 Å². The molecule has 0 radical (unpaired) electrons. The van der Waals surface area contributed by atoms with Crippen LogP contribution in [0.4, 0.5) is 0 Å². The summed E-state index contributed by atoms with van der Waals surface area (Å²) in [5.74, 6) is -0.996. The number of allylic oxidation sites excluding steroid dienone is 24. The minimum absolute atomic E-state index is 0.111. The molecule has 0 saturated heterocycles. The van der Waals surface area contributed by atoms with Crippen LogP contribution in [0.5, 0.6) is 0 Å². The van der Waals surface area contributed by atoms with Crippen LogP contribution in [0.2, 0.25) is 0 Å². The van der Waals surface area contributed by atoms with Gasteiger partial charge in [-0.15, -0.1) is 0 Å². The SMILES string of the molecule is CC\C=C/C=C\C=C/C=C\C=C\C=C/C=C\CCCCCC(=O)OCC(COC(=O)CCCCCCCCC/C=C\CCCCCC)OC(=O)CCCCCCC\C=C/C=C\C=C/C=C\CC. The molecule has 0 spiro atoms. The lowest BCUT2D eigenvalue weighted by Crippen LogP contribution is -2.30. The van der Waals surface area contributed by atoms with E-state index in [0.717, 1.165) is 96.3 Å². The van der Waals surface area contributed by atoms with Crippen LogP contribution in [0.1, 0.15) is 201 Å². The van der Waals surface area contributed by atoms with Gasteiger partial charge in [-0.1, -0.05) is 244 Å². The van der Waals surface area contributed by atoms with Gasteiger partial charge in [0.25, 0.3) is 0 Å². The topological polar surface area (TPSA) is 78.9 Å². The molecule has 0 heterocycles. The van der Waals surface area contributed by atoms with Crippen LogP contribution in [0.25, 0.3) is 0 Å². The van der Waals surface area contributed by atoms with Crippen LogP contribution >= 0.6 is 0 Å². The zero-order chi connectivity index (χ0) is 48.6. The van der Waals surface area contributed by atoms with Crippen molar-refractivity contribution in [2.75, 3.05) is 13.2 Å². The third-order valence-corrected chi connectivity index (χ3v) is 10.6. The van der Waals surface area contributed by atoms with Crippen molar-refractivity contribution in [1.29, 1.82) is 0 Å². The lowest BCUT2D eigenvalue weighted by molar-refractivity contribution is -0.167. The smallest absolute Gasteiger partial charge is 0.306 e. The highest BCUT2D eigenvalue weighted by Gasteiger charge is 2.19. The summed E-state index contributed by atoms with van der Waals surface area (Å²) in [6.07, 6.45) is 76.8. The highest BCUT2D eigenvalue weighted by atomic mass is 16.6. The number of rotatable bonds is 45. The maximum atomic E-state index is 12.8. The molecular weight excluding hydrogens is 829 g/mol. The second kappa shape index (κ2) is 53.9. The molecule has 1 unspecified atom stereocenters. The fraction of sp³-hybridized carbons (Fsp3) is 0.557. The molecule has 0 aromatic rings. The van der Waals surface area contributed by atoms with Gasteiger partial charge >= 0.3 is 17.9 Å². The van der Waals surface area contributed by atoms with Gasteiger partial charge < -0.3 is 14.2 Å². The van der Waals surface area contributed by atoms with Gasteiger partial charge in [-0.3, -0.25) is 14.4 Å². The second-order valence-corrected chi connectivity index (χ2v) is 16.9. The Bertz CT molecular complexity index is 1530. The van der Waals surface area contributed by atoms with Crippen molar-refractivity contribution in [3.63, 3.8) is 0 Å². The lowest BCUT2D eigenvalue weighted by atomic mass is 10.1. The molecule has 0 rings (SSSR count). The van der Waals surface area contributed by atoms with E-state index in [1.807, 2.05) is 97.2 Å². The number of hydrogen-bond acceptors (Lipinski definition) is 6. The first-order valence-electron chi connectivity index (χ1n) is 26.5. The molecule has 0 fully saturated rings. The van der Waals surface area contributed by atoms with Crippen molar-refractivity contribution < 1.29 is 28.6 Å². The van der Waals surface area contributed by atoms with Crippen LogP contribution in [0, 0.1) is 0 Å². The minimum atomic E-state index is -0.818. The summed E-state index contributed by atoms with van der Waals surface area (Å²) in [6.45, 7) is 6.26. The average molecular weight is 923 g/mol. The van der Waals surface area contributed by atoms with Crippen LogP contribution in [-0.4, -0.2) is 37.2 Å². The van der Waals surface area contributed by atoms with Crippen LogP contribution < -0.4 is 0 Å². The Kier molecular flexibility index (Phi) is 50.1. The first kappa shape index (κ1) is 62.3. The third-order valence-electron chi connectivity index (χ3n) is 10.6. The van der Waals surface area contributed by atoms with E-state index in [-0.39, 0.29) is 37.5 Å². The monoisotopic (exact) mass is 923 g/mol. The van der Waals surface area contributed by atoms with E-state index in [0.29, 0.717) is 12.8 Å². The van der Waals surface area contributed by atoms with Gasteiger partial charge in [-0.2, -0.15) is 0 Å². The van der Waals surface area contributed by atoms with E-state index in [9.17, 15) is 14.4 Å². The Morgan fingerprint density at radius 3 is 0.970 bits per heavy atom. The molecule has 0 saturated carbocycles. The Morgan fingerprint density at radius 2 is 0.597 bits per heavy atom. The molecule has 6 nitrogen and oxygen atoms in total. The summed E-state index contributed by atoms with van der Waals surface area (Å²) >= 11 is 0. The summed E-state index contributed by atoms with van der Waals surface area (Å²) in [6, 6.07) is 0. The number of esters is 3. The summed E-state index contributed by atoms with van der Waals surface area (Å²) in [7, 11) is 0. The van der Waals surface area contributed by atoms with Crippen LogP contribution in [-0.2, 0) is 28.6 Å². The van der Waals surface area contributed by atoms with Gasteiger partial charge in [-0.05, 0) is 83.5 Å². The van der Waals surface area contributed by atoms with Crippen molar-refractivity contribution >= 4 is 17.9 Å². The summed E-state index contributed by atoms with van der Waals surface area (Å²) in [5.41, 5.74) is 0. The molecule has 0 aliphatic carbocycles. The Hall–Kier alpha value is -4.71. The molecule has 0 aromatic heterocycles. The number of unbranched alkanes of at least 4 members (excludes halogenated alkanes) is 19. The zero-order valence-electron chi connectivity index (χ0n) is 42.6. The molecule has 67 heavy (non-hydrogen) atoms. The van der Waals surface area contributed by atoms with Gasteiger partial charge in [0.05, 0.1) is 0 Å². The quantitative estimate of drug-likeness (QED) is 0.0199. The molecule has 0 aromatic carbocycles. The molecule has 1 atom stereocenters. The van der Waals surface area contributed by atoms with E-state index < -0.39 is 6.10 Å². The van der Waals surface area contributed by atoms with Crippen LogP contribution in [0.15, 0.2) is 146 Å². The first-order chi connectivity index (χ1) is 33.0. The number of carbonyl (C=O) groups excluding carboxylic acids is 3. The zero-order valence-corrected chi connectivity index (χ0v) is 42.6. The number of ether oxygens (including phenoxy) is 3. The van der Waals surface area contributed by atoms with Crippen molar-refractivity contribution in [1.82, 2.24) is 0 Å². The van der Waals surface area contributed by atoms with Crippen molar-refractivity contribution in [3.05, 3.63) is 146 Å². The second-order valence-electron chi connectivity index (χ2n) is 16.9. The Morgan fingerprint density at radius 1 is 0.313 bits per heavy atom.